The molecule has 2 nitrogen and oxygen atoms in total. The van der Waals surface area contributed by atoms with Gasteiger partial charge in [0, 0.05) is 6.54 Å². The van der Waals surface area contributed by atoms with Crippen LogP contribution in [0, 0.1) is 5.41 Å². The van der Waals surface area contributed by atoms with Crippen LogP contribution in [0.2, 0.25) is 0 Å². The Balaban J connectivity index is 2.48. The summed E-state index contributed by atoms with van der Waals surface area (Å²) in [5.74, 6) is 0. The van der Waals surface area contributed by atoms with Crippen LogP contribution in [0.5, 0.6) is 0 Å². The van der Waals surface area contributed by atoms with E-state index in [-0.39, 0.29) is 5.41 Å². The highest BCUT2D eigenvalue weighted by atomic mass is 19.4. The summed E-state index contributed by atoms with van der Waals surface area (Å²) < 4.78 is 36.7. The normalized spacial score (nSPS) is 21.4. The van der Waals surface area contributed by atoms with E-state index < -0.39 is 12.7 Å². The maximum absolute atomic E-state index is 12.2. The summed E-state index contributed by atoms with van der Waals surface area (Å²) in [7, 11) is 1.56. The second-order valence-corrected chi connectivity index (χ2v) is 4.89. The minimum Gasteiger partial charge on any atom is -0.317 e. The maximum atomic E-state index is 12.2. The smallest absolute Gasteiger partial charge is 0.317 e. The van der Waals surface area contributed by atoms with E-state index in [2.05, 4.69) is 12.2 Å². The first-order valence-corrected chi connectivity index (χ1v) is 5.83. The fourth-order valence-electron chi connectivity index (χ4n) is 2.52. The van der Waals surface area contributed by atoms with Crippen molar-refractivity contribution in [2.75, 3.05) is 33.2 Å². The molecule has 0 spiro atoms. The molecule has 96 valence electrons. The number of nitrogens with zero attached hydrogens (tertiary/aromatic N) is 1. The predicted octanol–water partition coefficient (Wildman–Crippen LogP) is 2.26. The van der Waals surface area contributed by atoms with Gasteiger partial charge in [-0.25, -0.2) is 0 Å². The summed E-state index contributed by atoms with van der Waals surface area (Å²) in [6.07, 6.45) is -1.18. The SMILES string of the molecule is CCC1(CN(C)CC(F)(F)F)CCNCC1. The summed E-state index contributed by atoms with van der Waals surface area (Å²) in [6, 6.07) is 0. The molecule has 0 atom stereocenters. The molecule has 0 amide bonds. The lowest BCUT2D eigenvalue weighted by Gasteiger charge is -2.40. The molecule has 1 aliphatic rings. The molecule has 1 rings (SSSR count). The zero-order valence-electron chi connectivity index (χ0n) is 10.0. The fourth-order valence-corrected chi connectivity index (χ4v) is 2.52. The van der Waals surface area contributed by atoms with Crippen molar-refractivity contribution in [1.29, 1.82) is 0 Å². The molecular formula is C11H21F3N2. The topological polar surface area (TPSA) is 15.3 Å². The van der Waals surface area contributed by atoms with Gasteiger partial charge >= 0.3 is 6.18 Å². The number of hydrogen-bond acceptors (Lipinski definition) is 2. The van der Waals surface area contributed by atoms with E-state index in [9.17, 15) is 13.2 Å². The average molecular weight is 238 g/mol. The molecule has 0 aliphatic carbocycles. The lowest BCUT2D eigenvalue weighted by Crippen LogP contribution is -2.45. The van der Waals surface area contributed by atoms with Gasteiger partial charge in [0.05, 0.1) is 6.54 Å². The zero-order chi connectivity index (χ0) is 12.2. The van der Waals surface area contributed by atoms with Crippen molar-refractivity contribution < 1.29 is 13.2 Å². The Labute approximate surface area is 95.2 Å². The Bertz CT molecular complexity index is 210. The quantitative estimate of drug-likeness (QED) is 0.808. The molecule has 1 heterocycles. The standard InChI is InChI=1S/C11H21F3N2/c1-3-10(4-6-15-7-5-10)8-16(2)9-11(12,13)14/h15H,3-9H2,1-2H3. The van der Waals surface area contributed by atoms with Crippen molar-refractivity contribution in [1.82, 2.24) is 10.2 Å². The van der Waals surface area contributed by atoms with Crippen molar-refractivity contribution in [3.05, 3.63) is 0 Å². The molecule has 0 bridgehead atoms. The van der Waals surface area contributed by atoms with Crippen molar-refractivity contribution in [2.45, 2.75) is 32.4 Å². The van der Waals surface area contributed by atoms with Crippen molar-refractivity contribution in [3.8, 4) is 0 Å². The fraction of sp³-hybridized carbons (Fsp3) is 1.00. The monoisotopic (exact) mass is 238 g/mol. The molecule has 1 saturated heterocycles. The van der Waals surface area contributed by atoms with Crippen LogP contribution in [-0.2, 0) is 0 Å². The van der Waals surface area contributed by atoms with Crippen LogP contribution in [0.4, 0.5) is 13.2 Å². The van der Waals surface area contributed by atoms with Crippen molar-refractivity contribution in [2.24, 2.45) is 5.41 Å². The van der Waals surface area contributed by atoms with Crippen LogP contribution in [-0.4, -0.2) is 44.3 Å². The molecule has 0 unspecified atom stereocenters. The van der Waals surface area contributed by atoms with Crippen molar-refractivity contribution >= 4 is 0 Å². The van der Waals surface area contributed by atoms with Gasteiger partial charge in [-0.3, -0.25) is 4.90 Å². The summed E-state index contributed by atoms with van der Waals surface area (Å²) in [5, 5.41) is 3.25. The van der Waals surface area contributed by atoms with Gasteiger partial charge in [-0.15, -0.1) is 0 Å². The molecule has 0 aromatic heterocycles. The minimum atomic E-state index is -4.09. The molecule has 0 aromatic rings. The molecule has 0 radical (unpaired) electrons. The van der Waals surface area contributed by atoms with Crippen LogP contribution >= 0.6 is 0 Å². The summed E-state index contributed by atoms with van der Waals surface area (Å²) in [5.41, 5.74) is 0.0747. The number of rotatable bonds is 4. The summed E-state index contributed by atoms with van der Waals surface area (Å²) in [6.45, 7) is 3.67. The Morgan fingerprint density at radius 1 is 1.25 bits per heavy atom. The van der Waals surface area contributed by atoms with Crippen LogP contribution in [0.15, 0.2) is 0 Å². The first kappa shape index (κ1) is 13.8. The summed E-state index contributed by atoms with van der Waals surface area (Å²) in [4.78, 5) is 1.41. The molecule has 16 heavy (non-hydrogen) atoms. The van der Waals surface area contributed by atoms with E-state index >= 15 is 0 Å². The Morgan fingerprint density at radius 3 is 2.25 bits per heavy atom. The highest BCUT2D eigenvalue weighted by Gasteiger charge is 2.35. The van der Waals surface area contributed by atoms with E-state index in [1.807, 2.05) is 0 Å². The van der Waals surface area contributed by atoms with Gasteiger partial charge < -0.3 is 5.32 Å². The summed E-state index contributed by atoms with van der Waals surface area (Å²) >= 11 is 0. The van der Waals surface area contributed by atoms with Gasteiger partial charge in [0.2, 0.25) is 0 Å². The largest absolute Gasteiger partial charge is 0.401 e. The third-order valence-corrected chi connectivity index (χ3v) is 3.47. The molecule has 0 aromatic carbocycles. The van der Waals surface area contributed by atoms with Crippen LogP contribution in [0.25, 0.3) is 0 Å². The molecule has 5 heteroatoms. The Kier molecular flexibility index (Phi) is 4.62. The van der Waals surface area contributed by atoms with Crippen LogP contribution in [0.1, 0.15) is 26.2 Å². The number of halogens is 3. The van der Waals surface area contributed by atoms with Gasteiger partial charge in [0.15, 0.2) is 0 Å². The van der Waals surface area contributed by atoms with E-state index in [0.717, 1.165) is 32.4 Å². The lowest BCUT2D eigenvalue weighted by atomic mass is 9.76. The lowest BCUT2D eigenvalue weighted by molar-refractivity contribution is -0.146. The van der Waals surface area contributed by atoms with E-state index in [1.165, 1.54) is 4.90 Å². The van der Waals surface area contributed by atoms with E-state index in [4.69, 9.17) is 0 Å². The Hall–Kier alpha value is -0.290. The molecule has 1 N–H and O–H groups in total. The number of piperidine rings is 1. The second-order valence-electron chi connectivity index (χ2n) is 4.89. The minimum absolute atomic E-state index is 0.0747. The molecule has 1 fully saturated rings. The van der Waals surface area contributed by atoms with E-state index in [1.54, 1.807) is 7.05 Å². The highest BCUT2D eigenvalue weighted by molar-refractivity contribution is 4.86. The molecule has 1 aliphatic heterocycles. The zero-order valence-corrected chi connectivity index (χ0v) is 10.0. The number of hydrogen-bond donors (Lipinski definition) is 1. The third-order valence-electron chi connectivity index (χ3n) is 3.47. The van der Waals surface area contributed by atoms with Gasteiger partial charge in [-0.1, -0.05) is 6.92 Å². The highest BCUT2D eigenvalue weighted by Crippen LogP contribution is 2.33. The molecule has 0 saturated carbocycles. The van der Waals surface area contributed by atoms with Gasteiger partial charge in [-0.05, 0) is 44.8 Å². The average Bonchev–Trinajstić information content (AvgIpc) is 2.16. The third kappa shape index (κ3) is 4.29. The predicted molar refractivity (Wildman–Crippen MR) is 58.4 cm³/mol. The first-order chi connectivity index (χ1) is 7.37. The van der Waals surface area contributed by atoms with Crippen LogP contribution in [0.3, 0.4) is 0 Å². The molecular weight excluding hydrogens is 217 g/mol. The number of alkyl halides is 3. The second kappa shape index (κ2) is 5.36. The van der Waals surface area contributed by atoms with Crippen molar-refractivity contribution in [3.63, 3.8) is 0 Å². The Morgan fingerprint density at radius 2 is 1.81 bits per heavy atom. The van der Waals surface area contributed by atoms with Gasteiger partial charge in [-0.2, -0.15) is 13.2 Å². The van der Waals surface area contributed by atoms with Gasteiger partial charge in [0.25, 0.3) is 0 Å². The maximum Gasteiger partial charge on any atom is 0.401 e. The van der Waals surface area contributed by atoms with E-state index in [0.29, 0.717) is 6.54 Å². The van der Waals surface area contributed by atoms with Gasteiger partial charge in [0.1, 0.15) is 0 Å². The first-order valence-electron chi connectivity index (χ1n) is 5.83. The number of nitrogens with one attached hydrogen (secondary N) is 1. The van der Waals surface area contributed by atoms with Crippen LogP contribution < -0.4 is 5.32 Å².